The lowest BCUT2D eigenvalue weighted by Crippen LogP contribution is -2.53. The molecule has 1 aromatic rings. The van der Waals surface area contributed by atoms with Crippen LogP contribution in [0.1, 0.15) is 63.3 Å². The van der Waals surface area contributed by atoms with Crippen LogP contribution in [-0.4, -0.2) is 40.2 Å². The third kappa shape index (κ3) is 4.34. The molecule has 4 bridgehead atoms. The Bertz CT molecular complexity index is 855. The number of carbonyl (C=O) groups excluding carboxylic acids is 3. The Balaban J connectivity index is 1.22. The van der Waals surface area contributed by atoms with E-state index in [0.717, 1.165) is 25.0 Å². The molecule has 0 saturated heterocycles. The van der Waals surface area contributed by atoms with Gasteiger partial charge in [0.2, 0.25) is 5.91 Å². The highest BCUT2D eigenvalue weighted by molar-refractivity contribution is 5.96. The molecule has 0 aromatic carbocycles. The van der Waals surface area contributed by atoms with Crippen molar-refractivity contribution in [1.29, 1.82) is 0 Å². The van der Waals surface area contributed by atoms with Crippen LogP contribution >= 0.6 is 0 Å². The van der Waals surface area contributed by atoms with Crippen molar-refractivity contribution >= 4 is 23.5 Å². The summed E-state index contributed by atoms with van der Waals surface area (Å²) in [4.78, 5) is 37.6. The van der Waals surface area contributed by atoms with Crippen LogP contribution in [0, 0.1) is 37.0 Å². The maximum atomic E-state index is 12.9. The van der Waals surface area contributed by atoms with Crippen LogP contribution in [0.3, 0.4) is 0 Å². The molecule has 4 saturated carbocycles. The summed E-state index contributed by atoms with van der Waals surface area (Å²) in [6.07, 6.45) is 6.00. The number of aromatic nitrogens is 2. The van der Waals surface area contributed by atoms with E-state index in [-0.39, 0.29) is 24.3 Å². The summed E-state index contributed by atoms with van der Waals surface area (Å²) in [5, 5.41) is 10.0. The molecule has 4 aliphatic carbocycles. The molecule has 1 aromatic heterocycles. The number of amides is 2. The Hall–Kier alpha value is -2.38. The molecule has 4 fully saturated rings. The monoisotopic (exact) mass is 430 g/mol. The van der Waals surface area contributed by atoms with Gasteiger partial charge in [-0.25, -0.2) is 0 Å². The summed E-state index contributed by atoms with van der Waals surface area (Å²) in [7, 11) is 1.80. The maximum Gasteiger partial charge on any atom is 0.308 e. The Morgan fingerprint density at radius 2 is 1.71 bits per heavy atom. The number of hydrogen-bond acceptors (Lipinski definition) is 5. The minimum atomic E-state index is -0.926. The molecule has 31 heavy (non-hydrogen) atoms. The van der Waals surface area contributed by atoms with E-state index in [2.05, 4.69) is 15.7 Å². The molecule has 0 aliphatic heterocycles. The van der Waals surface area contributed by atoms with Crippen molar-refractivity contribution < 1.29 is 19.1 Å². The van der Waals surface area contributed by atoms with E-state index < -0.39 is 18.0 Å². The van der Waals surface area contributed by atoms with Crippen molar-refractivity contribution in [3.05, 3.63) is 11.4 Å². The molecule has 0 unspecified atom stereocenters. The van der Waals surface area contributed by atoms with Gasteiger partial charge in [-0.2, -0.15) is 5.10 Å². The number of ether oxygens (including phenoxy) is 1. The lowest BCUT2D eigenvalue weighted by Gasteiger charge is -2.55. The first kappa shape index (κ1) is 21.8. The van der Waals surface area contributed by atoms with Crippen LogP contribution < -0.4 is 10.6 Å². The summed E-state index contributed by atoms with van der Waals surface area (Å²) in [6.45, 7) is 5.46. The van der Waals surface area contributed by atoms with Gasteiger partial charge in [-0.05, 0) is 77.0 Å². The normalized spacial score (nSPS) is 29.5. The van der Waals surface area contributed by atoms with Gasteiger partial charge >= 0.3 is 5.97 Å². The highest BCUT2D eigenvalue weighted by Crippen LogP contribution is 2.60. The SMILES string of the molecule is Cc1nn(C)c(C)c1NC(=O)[C@@H](C)OC(=O)CCNC(=O)C12CC3CC(CC(C3)C1)C2. The van der Waals surface area contributed by atoms with Gasteiger partial charge in [-0.15, -0.1) is 0 Å². The van der Waals surface area contributed by atoms with Crippen LogP contribution in [0.5, 0.6) is 0 Å². The summed E-state index contributed by atoms with van der Waals surface area (Å²) in [5.74, 6) is 1.32. The summed E-state index contributed by atoms with van der Waals surface area (Å²) < 4.78 is 6.96. The number of rotatable bonds is 7. The highest BCUT2D eigenvalue weighted by atomic mass is 16.5. The van der Waals surface area contributed by atoms with Gasteiger partial charge in [0.05, 0.1) is 23.5 Å². The molecule has 4 aliphatic rings. The molecule has 2 amide bonds. The van der Waals surface area contributed by atoms with Crippen LogP contribution in [0.15, 0.2) is 0 Å². The van der Waals surface area contributed by atoms with Gasteiger partial charge in [0.25, 0.3) is 5.91 Å². The third-order valence-corrected chi connectivity index (χ3v) is 7.57. The fraction of sp³-hybridized carbons (Fsp3) is 0.739. The Kier molecular flexibility index (Phi) is 5.83. The van der Waals surface area contributed by atoms with E-state index in [1.54, 1.807) is 18.7 Å². The highest BCUT2D eigenvalue weighted by Gasteiger charge is 2.54. The molecule has 0 spiro atoms. The van der Waals surface area contributed by atoms with Crippen LogP contribution in [0.25, 0.3) is 0 Å². The number of anilines is 1. The predicted molar refractivity (Wildman–Crippen MR) is 115 cm³/mol. The first-order valence-corrected chi connectivity index (χ1v) is 11.5. The lowest BCUT2D eigenvalue weighted by molar-refractivity contribution is -0.153. The largest absolute Gasteiger partial charge is 0.452 e. The van der Waals surface area contributed by atoms with Gasteiger partial charge in [-0.3, -0.25) is 19.1 Å². The van der Waals surface area contributed by atoms with Crippen molar-refractivity contribution in [2.45, 2.75) is 71.8 Å². The van der Waals surface area contributed by atoms with E-state index in [4.69, 9.17) is 4.74 Å². The first-order valence-electron chi connectivity index (χ1n) is 11.5. The molecule has 8 nitrogen and oxygen atoms in total. The predicted octanol–water partition coefficient (Wildman–Crippen LogP) is 2.63. The Morgan fingerprint density at radius 1 is 1.13 bits per heavy atom. The molecule has 5 rings (SSSR count). The molecule has 170 valence electrons. The smallest absolute Gasteiger partial charge is 0.308 e. The number of hydrogen-bond donors (Lipinski definition) is 2. The lowest BCUT2D eigenvalue weighted by atomic mass is 9.49. The van der Waals surface area contributed by atoms with E-state index in [1.807, 2.05) is 13.8 Å². The van der Waals surface area contributed by atoms with Gasteiger partial charge in [-0.1, -0.05) is 0 Å². The summed E-state index contributed by atoms with van der Waals surface area (Å²) >= 11 is 0. The minimum Gasteiger partial charge on any atom is -0.452 e. The number of esters is 1. The second-order valence-electron chi connectivity index (χ2n) is 9.99. The molecular weight excluding hydrogens is 396 g/mol. The average molecular weight is 431 g/mol. The third-order valence-electron chi connectivity index (χ3n) is 7.57. The molecule has 1 atom stereocenters. The maximum absolute atomic E-state index is 12.9. The summed E-state index contributed by atoms with van der Waals surface area (Å²) in [5.41, 5.74) is 1.96. The van der Waals surface area contributed by atoms with Gasteiger partial charge < -0.3 is 15.4 Å². The van der Waals surface area contributed by atoms with Crippen molar-refractivity contribution in [2.75, 3.05) is 11.9 Å². The zero-order valence-electron chi connectivity index (χ0n) is 19.0. The van der Waals surface area contributed by atoms with Gasteiger partial charge in [0.1, 0.15) is 0 Å². The second kappa shape index (κ2) is 8.28. The number of nitrogens with zero attached hydrogens (tertiary/aromatic N) is 2. The molecule has 1 heterocycles. The number of nitrogens with one attached hydrogen (secondary N) is 2. The first-order chi connectivity index (χ1) is 14.7. The fourth-order valence-corrected chi connectivity index (χ4v) is 6.34. The Morgan fingerprint density at radius 3 is 2.23 bits per heavy atom. The van der Waals surface area contributed by atoms with Gasteiger partial charge in [0.15, 0.2) is 6.10 Å². The quantitative estimate of drug-likeness (QED) is 0.648. The summed E-state index contributed by atoms with van der Waals surface area (Å²) in [6, 6.07) is 0. The number of aryl methyl sites for hydroxylation is 2. The molecule has 2 N–H and O–H groups in total. The molecule has 0 radical (unpaired) electrons. The van der Waals surface area contributed by atoms with Crippen molar-refractivity contribution in [2.24, 2.45) is 30.2 Å². The Labute approximate surface area is 183 Å². The standard InChI is InChI=1S/C23H34N4O4/c1-13-20(14(2)27(4)26-13)25-21(29)15(3)31-19(28)5-6-24-22(30)23-10-16-7-17(11-23)9-18(8-16)12-23/h15-18H,5-12H2,1-4H3,(H,24,30)(H,25,29)/t15-,16?,17?,18?,23?/m1/s1. The van der Waals surface area contributed by atoms with E-state index in [0.29, 0.717) is 29.1 Å². The average Bonchev–Trinajstić information content (AvgIpc) is 2.92. The van der Waals surface area contributed by atoms with E-state index in [9.17, 15) is 14.4 Å². The molecular formula is C23H34N4O4. The van der Waals surface area contributed by atoms with Crippen molar-refractivity contribution in [3.8, 4) is 0 Å². The zero-order valence-corrected chi connectivity index (χ0v) is 19.0. The number of carbonyl (C=O) groups is 3. The molecule has 8 heteroatoms. The van der Waals surface area contributed by atoms with Crippen LogP contribution in [-0.2, 0) is 26.2 Å². The van der Waals surface area contributed by atoms with E-state index in [1.165, 1.54) is 19.3 Å². The minimum absolute atomic E-state index is 0.0562. The van der Waals surface area contributed by atoms with E-state index >= 15 is 0 Å². The second-order valence-corrected chi connectivity index (χ2v) is 9.99. The van der Waals surface area contributed by atoms with Crippen LogP contribution in [0.2, 0.25) is 0 Å². The zero-order chi connectivity index (χ0) is 22.3. The topological polar surface area (TPSA) is 102 Å². The fourth-order valence-electron chi connectivity index (χ4n) is 6.34. The van der Waals surface area contributed by atoms with Crippen molar-refractivity contribution in [1.82, 2.24) is 15.1 Å². The van der Waals surface area contributed by atoms with Crippen molar-refractivity contribution in [3.63, 3.8) is 0 Å². The van der Waals surface area contributed by atoms with Gasteiger partial charge in [0, 0.05) is 19.0 Å². The van der Waals surface area contributed by atoms with Crippen LogP contribution in [0.4, 0.5) is 5.69 Å².